The summed E-state index contributed by atoms with van der Waals surface area (Å²) in [5.74, 6) is -1.74. The van der Waals surface area contributed by atoms with Gasteiger partial charge in [-0.2, -0.15) is 17.9 Å². The quantitative estimate of drug-likeness (QED) is 0.410. The zero-order valence-corrected chi connectivity index (χ0v) is 13.6. The minimum absolute atomic E-state index is 0.0309. The first-order valence-electron chi connectivity index (χ1n) is 7.43. The van der Waals surface area contributed by atoms with Crippen LogP contribution in [0.2, 0.25) is 0 Å². The van der Waals surface area contributed by atoms with E-state index in [2.05, 4.69) is 20.7 Å². The smallest absolute Gasteiger partial charge is 0.390 e. The van der Waals surface area contributed by atoms with Crippen LogP contribution in [0.15, 0.2) is 30.6 Å². The van der Waals surface area contributed by atoms with Crippen LogP contribution < -0.4 is 10.6 Å². The Morgan fingerprint density at radius 1 is 1.15 bits per heavy atom. The molecule has 2 aromatic rings. The molecular weight excluding hydrogens is 373 g/mol. The zero-order chi connectivity index (χ0) is 20.0. The van der Waals surface area contributed by atoms with Gasteiger partial charge in [0.05, 0.1) is 5.56 Å². The molecule has 13 heteroatoms. The Kier molecular flexibility index (Phi) is 6.05. The molecule has 2 N–H and O–H groups in total. The standard InChI is InChI=1S/C14H13F3N6O4/c15-14(16,17)10-3-1-9(2-4-10)12(25)19-6-5-18-11(24)7-22-8-20-13(21-22)23(26)27/h1-4,8H,5-7H2,(H,18,24)(H,19,25). The molecule has 0 radical (unpaired) electrons. The molecule has 27 heavy (non-hydrogen) atoms. The third-order valence-corrected chi connectivity index (χ3v) is 3.20. The van der Waals surface area contributed by atoms with Crippen LogP contribution in [-0.2, 0) is 17.5 Å². The molecule has 10 nitrogen and oxygen atoms in total. The summed E-state index contributed by atoms with van der Waals surface area (Å²) < 4.78 is 38.4. The number of rotatable bonds is 7. The summed E-state index contributed by atoms with van der Waals surface area (Å²) in [6, 6.07) is 3.70. The predicted octanol–water partition coefficient (Wildman–Crippen LogP) is 0.751. The van der Waals surface area contributed by atoms with Crippen LogP contribution in [0.25, 0.3) is 0 Å². The first kappa shape index (κ1) is 19.8. The Morgan fingerprint density at radius 2 is 1.78 bits per heavy atom. The van der Waals surface area contributed by atoms with Gasteiger partial charge in [0.15, 0.2) is 0 Å². The van der Waals surface area contributed by atoms with Crippen molar-refractivity contribution in [3.05, 3.63) is 51.8 Å². The van der Waals surface area contributed by atoms with E-state index < -0.39 is 34.4 Å². The maximum Gasteiger partial charge on any atom is 0.490 e. The van der Waals surface area contributed by atoms with Gasteiger partial charge in [-0.25, -0.2) is 0 Å². The minimum Gasteiger partial charge on any atom is -0.390 e. The molecule has 0 saturated carbocycles. The number of benzene rings is 1. The number of amides is 2. The van der Waals surface area contributed by atoms with E-state index in [1.54, 1.807) is 0 Å². The van der Waals surface area contributed by atoms with E-state index in [9.17, 15) is 32.9 Å². The largest absolute Gasteiger partial charge is 0.490 e. The van der Waals surface area contributed by atoms with E-state index in [1.165, 1.54) is 0 Å². The highest BCUT2D eigenvalue weighted by Crippen LogP contribution is 2.28. The molecule has 2 rings (SSSR count). The van der Waals surface area contributed by atoms with Crippen molar-refractivity contribution in [3.63, 3.8) is 0 Å². The molecule has 0 saturated heterocycles. The van der Waals surface area contributed by atoms with Gasteiger partial charge in [-0.05, 0) is 29.2 Å². The fourth-order valence-electron chi connectivity index (χ4n) is 1.94. The highest BCUT2D eigenvalue weighted by molar-refractivity contribution is 5.94. The summed E-state index contributed by atoms with van der Waals surface area (Å²) in [5, 5.41) is 18.8. The molecule has 144 valence electrons. The molecule has 0 atom stereocenters. The highest BCUT2D eigenvalue weighted by Gasteiger charge is 2.30. The first-order chi connectivity index (χ1) is 12.7. The second-order valence-electron chi connectivity index (χ2n) is 5.18. The molecule has 1 heterocycles. The number of hydrogen-bond donors (Lipinski definition) is 2. The van der Waals surface area contributed by atoms with Gasteiger partial charge >= 0.3 is 12.1 Å². The third-order valence-electron chi connectivity index (χ3n) is 3.20. The van der Waals surface area contributed by atoms with Crippen molar-refractivity contribution in [3.8, 4) is 0 Å². The van der Waals surface area contributed by atoms with Crippen molar-refractivity contribution in [2.45, 2.75) is 12.7 Å². The Hall–Kier alpha value is -3.51. The third kappa shape index (κ3) is 5.76. The van der Waals surface area contributed by atoms with Crippen molar-refractivity contribution in [1.82, 2.24) is 25.4 Å². The predicted molar refractivity (Wildman–Crippen MR) is 83.5 cm³/mol. The van der Waals surface area contributed by atoms with Crippen molar-refractivity contribution in [2.75, 3.05) is 13.1 Å². The van der Waals surface area contributed by atoms with Crippen LogP contribution in [-0.4, -0.2) is 44.6 Å². The number of nitrogens with zero attached hydrogens (tertiary/aromatic N) is 4. The zero-order valence-electron chi connectivity index (χ0n) is 13.6. The molecule has 0 spiro atoms. The lowest BCUT2D eigenvalue weighted by molar-refractivity contribution is -0.394. The normalized spacial score (nSPS) is 11.1. The summed E-state index contributed by atoms with van der Waals surface area (Å²) in [6.45, 7) is -0.223. The van der Waals surface area contributed by atoms with Gasteiger partial charge in [-0.1, -0.05) is 4.98 Å². The topological polar surface area (TPSA) is 132 Å². The van der Waals surface area contributed by atoms with Crippen LogP contribution in [0.1, 0.15) is 15.9 Å². The maximum absolute atomic E-state index is 12.5. The van der Waals surface area contributed by atoms with Crippen LogP contribution in [0.4, 0.5) is 19.1 Å². The molecular formula is C14H13F3N6O4. The number of nitrogens with one attached hydrogen (secondary N) is 2. The van der Waals surface area contributed by atoms with Gasteiger partial charge < -0.3 is 20.7 Å². The lowest BCUT2D eigenvalue weighted by Gasteiger charge is -2.09. The summed E-state index contributed by atoms with van der Waals surface area (Å²) in [5.41, 5.74) is -0.816. The van der Waals surface area contributed by atoms with E-state index in [4.69, 9.17) is 0 Å². The Bertz CT molecular complexity index is 834. The number of hydrogen-bond acceptors (Lipinski definition) is 6. The van der Waals surface area contributed by atoms with E-state index in [0.717, 1.165) is 35.3 Å². The Morgan fingerprint density at radius 3 is 2.33 bits per heavy atom. The van der Waals surface area contributed by atoms with Gasteiger partial charge in [0, 0.05) is 23.8 Å². The molecule has 2 amide bonds. The summed E-state index contributed by atoms with van der Waals surface area (Å²) in [4.78, 5) is 36.5. The lowest BCUT2D eigenvalue weighted by Crippen LogP contribution is -2.36. The van der Waals surface area contributed by atoms with Crippen LogP contribution in [0, 0.1) is 10.1 Å². The van der Waals surface area contributed by atoms with E-state index in [1.807, 2.05) is 0 Å². The van der Waals surface area contributed by atoms with Crippen molar-refractivity contribution in [1.29, 1.82) is 0 Å². The van der Waals surface area contributed by atoms with Crippen molar-refractivity contribution >= 4 is 17.8 Å². The number of alkyl halides is 3. The fourth-order valence-corrected chi connectivity index (χ4v) is 1.94. The maximum atomic E-state index is 12.5. The summed E-state index contributed by atoms with van der Waals surface area (Å²) in [7, 11) is 0. The number of aromatic nitrogens is 3. The molecule has 0 bridgehead atoms. The van der Waals surface area contributed by atoms with Gasteiger partial charge in [0.1, 0.15) is 6.54 Å². The molecule has 1 aromatic carbocycles. The van der Waals surface area contributed by atoms with Gasteiger partial charge in [-0.15, -0.1) is 0 Å². The summed E-state index contributed by atoms with van der Waals surface area (Å²) >= 11 is 0. The fraction of sp³-hybridized carbons (Fsp3) is 0.286. The Labute approximate surface area is 149 Å². The van der Waals surface area contributed by atoms with E-state index in [0.29, 0.717) is 0 Å². The van der Waals surface area contributed by atoms with Crippen LogP contribution in [0.3, 0.4) is 0 Å². The first-order valence-corrected chi connectivity index (χ1v) is 7.43. The summed E-state index contributed by atoms with van der Waals surface area (Å²) in [6.07, 6.45) is -3.45. The second kappa shape index (κ2) is 8.25. The molecule has 0 aliphatic carbocycles. The van der Waals surface area contributed by atoms with Gasteiger partial charge in [-0.3, -0.25) is 9.59 Å². The number of halogens is 3. The SMILES string of the molecule is O=C(Cn1cnc([N+](=O)[O-])n1)NCCNC(=O)c1ccc(C(F)(F)F)cc1. The molecule has 0 fully saturated rings. The van der Waals surface area contributed by atoms with Gasteiger partial charge in [0.2, 0.25) is 12.2 Å². The van der Waals surface area contributed by atoms with Crippen molar-refractivity contribution < 1.29 is 27.7 Å². The highest BCUT2D eigenvalue weighted by atomic mass is 19.4. The average Bonchev–Trinajstić information content (AvgIpc) is 3.06. The van der Waals surface area contributed by atoms with Crippen LogP contribution >= 0.6 is 0 Å². The number of carbonyl (C=O) groups is 2. The van der Waals surface area contributed by atoms with E-state index >= 15 is 0 Å². The number of carbonyl (C=O) groups excluding carboxylic acids is 2. The van der Waals surface area contributed by atoms with Gasteiger partial charge in [0.25, 0.3) is 5.91 Å². The molecule has 1 aromatic heterocycles. The molecule has 0 aliphatic heterocycles. The van der Waals surface area contributed by atoms with Crippen LogP contribution in [0.5, 0.6) is 0 Å². The second-order valence-corrected chi connectivity index (χ2v) is 5.18. The lowest BCUT2D eigenvalue weighted by atomic mass is 10.1. The monoisotopic (exact) mass is 386 g/mol. The Balaban J connectivity index is 1.73. The van der Waals surface area contributed by atoms with E-state index in [-0.39, 0.29) is 25.2 Å². The molecule has 0 unspecified atom stereocenters. The minimum atomic E-state index is -4.48. The number of nitro groups is 1. The molecule has 0 aliphatic rings. The average molecular weight is 386 g/mol. The van der Waals surface area contributed by atoms with Crippen molar-refractivity contribution in [2.24, 2.45) is 0 Å².